The van der Waals surface area contributed by atoms with Crippen LogP contribution in [0.25, 0.3) is 11.3 Å². The van der Waals surface area contributed by atoms with Gasteiger partial charge in [0, 0.05) is 30.6 Å². The highest BCUT2D eigenvalue weighted by Gasteiger charge is 2.23. The number of rotatable bonds is 8. The molecule has 0 unspecified atom stereocenters. The van der Waals surface area contributed by atoms with Gasteiger partial charge in [-0.3, -0.25) is 0 Å². The summed E-state index contributed by atoms with van der Waals surface area (Å²) >= 11 is 1.50. The van der Waals surface area contributed by atoms with Crippen LogP contribution >= 0.6 is 11.3 Å². The van der Waals surface area contributed by atoms with Crippen LogP contribution in [0.2, 0.25) is 0 Å². The molecule has 0 spiro atoms. The molecule has 1 saturated heterocycles. The van der Waals surface area contributed by atoms with Gasteiger partial charge in [-0.1, -0.05) is 49.6 Å². The van der Waals surface area contributed by atoms with Gasteiger partial charge in [-0.05, 0) is 61.6 Å². The lowest BCUT2D eigenvalue weighted by atomic mass is 9.84. The molecule has 0 atom stereocenters. The van der Waals surface area contributed by atoms with Crippen LogP contribution in [0.15, 0.2) is 53.4 Å². The van der Waals surface area contributed by atoms with Gasteiger partial charge in [-0.2, -0.15) is 0 Å². The Labute approximate surface area is 218 Å². The maximum atomic E-state index is 11.7. The Balaban J connectivity index is 1.14. The fourth-order valence-electron chi connectivity index (χ4n) is 5.66. The van der Waals surface area contributed by atoms with E-state index in [4.69, 9.17) is 4.98 Å². The van der Waals surface area contributed by atoms with E-state index in [1.54, 1.807) is 5.51 Å². The van der Waals surface area contributed by atoms with Gasteiger partial charge in [0.15, 0.2) is 0 Å². The van der Waals surface area contributed by atoms with Crippen molar-refractivity contribution in [3.8, 4) is 11.3 Å². The van der Waals surface area contributed by atoms with Gasteiger partial charge in [-0.15, -0.1) is 11.3 Å². The van der Waals surface area contributed by atoms with Gasteiger partial charge in [0.25, 0.3) is 0 Å². The van der Waals surface area contributed by atoms with Crippen molar-refractivity contribution in [2.24, 2.45) is 5.92 Å². The van der Waals surface area contributed by atoms with E-state index in [-0.39, 0.29) is 0 Å². The van der Waals surface area contributed by atoms with Crippen LogP contribution in [0.5, 0.6) is 0 Å². The van der Waals surface area contributed by atoms with E-state index in [1.807, 2.05) is 5.38 Å². The number of benzene rings is 1. The van der Waals surface area contributed by atoms with E-state index in [2.05, 4.69) is 52.3 Å². The van der Waals surface area contributed by atoms with E-state index >= 15 is 0 Å². The lowest BCUT2D eigenvalue weighted by Gasteiger charge is -2.33. The number of carbonyl (C=O) groups is 1. The molecule has 1 aliphatic heterocycles. The molecule has 0 radical (unpaired) electrons. The minimum absolute atomic E-state index is 0.371. The normalized spacial score (nSPS) is 17.3. The first-order valence-electron chi connectivity index (χ1n) is 13.3. The minimum atomic E-state index is -0.867. The summed E-state index contributed by atoms with van der Waals surface area (Å²) in [6, 6.07) is 15.4. The Morgan fingerprint density at radius 2 is 1.81 bits per heavy atom. The van der Waals surface area contributed by atoms with Crippen molar-refractivity contribution in [3.05, 3.63) is 64.6 Å². The van der Waals surface area contributed by atoms with E-state index in [0.29, 0.717) is 19.0 Å². The second-order valence-corrected chi connectivity index (χ2v) is 11.0. The third kappa shape index (κ3) is 6.25. The molecule has 1 N–H and O–H groups in total. The Morgan fingerprint density at radius 1 is 1.03 bits per heavy atom. The highest BCUT2D eigenvalue weighted by molar-refractivity contribution is 7.07. The first-order valence-corrected chi connectivity index (χ1v) is 14.3. The third-order valence-electron chi connectivity index (χ3n) is 7.87. The van der Waals surface area contributed by atoms with Crippen LogP contribution in [-0.4, -0.2) is 45.7 Å². The number of thiazole rings is 1. The van der Waals surface area contributed by atoms with Gasteiger partial charge < -0.3 is 14.9 Å². The van der Waals surface area contributed by atoms with Crippen LogP contribution in [0.1, 0.15) is 68.5 Å². The monoisotopic (exact) mass is 504 g/mol. The van der Waals surface area contributed by atoms with Crippen LogP contribution in [0.3, 0.4) is 0 Å². The molecule has 7 heteroatoms. The van der Waals surface area contributed by atoms with Crippen molar-refractivity contribution in [3.63, 3.8) is 0 Å². The second-order valence-electron chi connectivity index (χ2n) is 10.2. The van der Waals surface area contributed by atoms with Gasteiger partial charge in [0.2, 0.25) is 0 Å². The summed E-state index contributed by atoms with van der Waals surface area (Å²) in [5.74, 6) is 2.30. The summed E-state index contributed by atoms with van der Waals surface area (Å²) in [7, 11) is 0. The highest BCUT2D eigenvalue weighted by atomic mass is 32.1. The average molecular weight is 505 g/mol. The summed E-state index contributed by atoms with van der Waals surface area (Å²) in [5.41, 5.74) is 6.27. The quantitative estimate of drug-likeness (QED) is 0.356. The van der Waals surface area contributed by atoms with Gasteiger partial charge in [-0.25, -0.2) is 14.8 Å². The number of nitrogens with zero attached hydrogens (tertiary/aromatic N) is 4. The zero-order valence-electron chi connectivity index (χ0n) is 20.9. The summed E-state index contributed by atoms with van der Waals surface area (Å²) in [4.78, 5) is 24.8. The lowest BCUT2D eigenvalue weighted by Crippen LogP contribution is -2.36. The smallest absolute Gasteiger partial charge is 0.407 e. The second kappa shape index (κ2) is 11.9. The number of aromatic nitrogens is 2. The topological polar surface area (TPSA) is 69.6 Å². The summed E-state index contributed by atoms with van der Waals surface area (Å²) < 4.78 is 0. The first kappa shape index (κ1) is 24.8. The van der Waals surface area contributed by atoms with Crippen molar-refractivity contribution < 1.29 is 9.90 Å². The number of hydrogen-bond acceptors (Lipinski definition) is 5. The molecule has 1 amide bonds. The van der Waals surface area contributed by atoms with E-state index in [1.165, 1.54) is 59.5 Å². The maximum absolute atomic E-state index is 11.7. The standard InChI is InChI=1S/C29H36N4O2S/c34-29(35)33(19-26-20-36-21-30-26)18-15-22-13-16-32(17-14-22)28-8-4-7-27(31-28)25-11-9-24(10-12-25)23-5-2-1-3-6-23/h4,7-12,20-23H,1-3,5-6,13-19H2,(H,34,35). The number of pyridine rings is 1. The predicted octanol–water partition coefficient (Wildman–Crippen LogP) is 7.04. The summed E-state index contributed by atoms with van der Waals surface area (Å²) in [6.07, 6.45) is 8.90. The van der Waals surface area contributed by atoms with Gasteiger partial charge >= 0.3 is 6.09 Å². The summed E-state index contributed by atoms with van der Waals surface area (Å²) in [6.45, 7) is 2.85. The maximum Gasteiger partial charge on any atom is 0.407 e. The lowest BCUT2D eigenvalue weighted by molar-refractivity contribution is 0.137. The molecule has 190 valence electrons. The molecule has 36 heavy (non-hydrogen) atoms. The van der Waals surface area contributed by atoms with Crippen molar-refractivity contribution in [2.75, 3.05) is 24.5 Å². The molecular weight excluding hydrogens is 468 g/mol. The minimum Gasteiger partial charge on any atom is -0.465 e. The summed E-state index contributed by atoms with van der Waals surface area (Å²) in [5, 5.41) is 11.5. The number of piperidine rings is 1. The highest BCUT2D eigenvalue weighted by Crippen LogP contribution is 2.34. The van der Waals surface area contributed by atoms with Gasteiger partial charge in [0.05, 0.1) is 23.4 Å². The molecule has 5 rings (SSSR count). The largest absolute Gasteiger partial charge is 0.465 e. The SMILES string of the molecule is O=C(O)N(CCC1CCN(c2cccc(-c3ccc(C4CCCCC4)cc3)n2)CC1)Cc1cscn1. The molecule has 2 aliphatic rings. The van der Waals surface area contributed by atoms with E-state index < -0.39 is 6.09 Å². The number of amides is 1. The molecule has 1 saturated carbocycles. The molecule has 6 nitrogen and oxygen atoms in total. The van der Waals surface area contributed by atoms with Crippen LogP contribution in [0, 0.1) is 5.92 Å². The molecule has 1 aromatic carbocycles. The Bertz CT molecular complexity index is 1100. The Kier molecular flexibility index (Phi) is 8.16. The van der Waals surface area contributed by atoms with Crippen molar-refractivity contribution in [1.82, 2.24) is 14.9 Å². The van der Waals surface area contributed by atoms with Crippen molar-refractivity contribution in [2.45, 2.75) is 63.8 Å². The Morgan fingerprint density at radius 3 is 2.50 bits per heavy atom. The molecule has 3 heterocycles. The molecule has 2 aromatic heterocycles. The number of hydrogen-bond donors (Lipinski definition) is 1. The predicted molar refractivity (Wildman–Crippen MR) is 146 cm³/mol. The molecule has 2 fully saturated rings. The van der Waals surface area contributed by atoms with E-state index in [0.717, 1.165) is 55.5 Å². The Hall–Kier alpha value is -2.93. The van der Waals surface area contributed by atoms with Crippen LogP contribution < -0.4 is 4.90 Å². The molecule has 0 bridgehead atoms. The fraction of sp³-hybridized carbons (Fsp3) is 0.483. The van der Waals surface area contributed by atoms with Crippen LogP contribution in [-0.2, 0) is 6.54 Å². The zero-order chi connectivity index (χ0) is 24.7. The van der Waals surface area contributed by atoms with Crippen molar-refractivity contribution in [1.29, 1.82) is 0 Å². The molecule has 3 aromatic rings. The first-order chi connectivity index (χ1) is 17.7. The van der Waals surface area contributed by atoms with Gasteiger partial charge in [0.1, 0.15) is 5.82 Å². The molecular formula is C29H36N4O2S. The third-order valence-corrected chi connectivity index (χ3v) is 8.51. The van der Waals surface area contributed by atoms with E-state index in [9.17, 15) is 9.90 Å². The number of carboxylic acid groups (broad SMARTS) is 1. The van der Waals surface area contributed by atoms with Crippen molar-refractivity contribution >= 4 is 23.2 Å². The number of anilines is 1. The molecule has 1 aliphatic carbocycles. The fourth-order valence-corrected chi connectivity index (χ4v) is 6.21. The average Bonchev–Trinajstić information content (AvgIpc) is 3.45. The zero-order valence-corrected chi connectivity index (χ0v) is 21.7. The van der Waals surface area contributed by atoms with Crippen LogP contribution in [0.4, 0.5) is 10.6 Å².